The summed E-state index contributed by atoms with van der Waals surface area (Å²) in [6.07, 6.45) is 8.17. The minimum absolute atomic E-state index is 0.348. The predicted molar refractivity (Wildman–Crippen MR) is 83.2 cm³/mol. The van der Waals surface area contributed by atoms with E-state index in [-0.39, 0.29) is 0 Å². The zero-order chi connectivity index (χ0) is 14.1. The Hall–Kier alpha value is -0.590. The van der Waals surface area contributed by atoms with Crippen molar-refractivity contribution in [3.63, 3.8) is 0 Å². The van der Waals surface area contributed by atoms with Gasteiger partial charge in [0.2, 0.25) is 0 Å². The van der Waals surface area contributed by atoms with Gasteiger partial charge in [0.25, 0.3) is 0 Å². The van der Waals surface area contributed by atoms with E-state index in [2.05, 4.69) is 21.4 Å². The van der Waals surface area contributed by atoms with E-state index in [0.29, 0.717) is 12.2 Å². The van der Waals surface area contributed by atoms with Gasteiger partial charge in [-0.15, -0.1) is 5.10 Å². The normalized spacial score (nSPS) is 33.4. The zero-order valence-corrected chi connectivity index (χ0v) is 13.3. The quantitative estimate of drug-likeness (QED) is 0.848. The lowest BCUT2D eigenvalue weighted by atomic mass is 10.0. The number of hydrogen-bond donors (Lipinski definition) is 0. The number of rotatable bonds is 4. The standard InChI is InChI=1S/C15H24N4OS/c1-2-12-8-14(20-15(12)3-1)11-19-10-13(16-17-19)9-18-4-6-21-7-5-18/h10,12,14-15H,1-9,11H2. The average Bonchev–Trinajstić information content (AvgIpc) is 3.17. The molecule has 0 bridgehead atoms. The fourth-order valence-corrected chi connectivity index (χ4v) is 4.89. The average molecular weight is 308 g/mol. The Labute approximate surface area is 130 Å². The first-order valence-corrected chi connectivity index (χ1v) is 9.37. The smallest absolute Gasteiger partial charge is 0.0967 e. The van der Waals surface area contributed by atoms with Gasteiger partial charge in [-0.1, -0.05) is 11.6 Å². The Bertz CT molecular complexity index is 462. The second kappa shape index (κ2) is 6.26. The molecule has 2 aliphatic heterocycles. The molecule has 0 aromatic carbocycles. The SMILES string of the molecule is c1c(CN2CCSCC2)nnn1CC1CC2CCCC2O1. The summed E-state index contributed by atoms with van der Waals surface area (Å²) >= 11 is 2.04. The summed E-state index contributed by atoms with van der Waals surface area (Å²) in [5, 5.41) is 8.63. The fraction of sp³-hybridized carbons (Fsp3) is 0.867. The molecule has 0 amide bonds. The van der Waals surface area contributed by atoms with Crippen LogP contribution in [0.5, 0.6) is 0 Å². The van der Waals surface area contributed by atoms with Crippen LogP contribution < -0.4 is 0 Å². The van der Waals surface area contributed by atoms with E-state index in [1.165, 1.54) is 50.3 Å². The molecule has 0 radical (unpaired) electrons. The monoisotopic (exact) mass is 308 g/mol. The van der Waals surface area contributed by atoms with Gasteiger partial charge in [0.15, 0.2) is 0 Å². The number of ether oxygens (including phenoxy) is 1. The van der Waals surface area contributed by atoms with Crippen LogP contribution in [0.3, 0.4) is 0 Å². The lowest BCUT2D eigenvalue weighted by Gasteiger charge is -2.24. The molecule has 6 heteroatoms. The number of aromatic nitrogens is 3. The van der Waals surface area contributed by atoms with Crippen molar-refractivity contribution in [3.8, 4) is 0 Å². The van der Waals surface area contributed by atoms with Crippen molar-refractivity contribution in [2.24, 2.45) is 5.92 Å². The van der Waals surface area contributed by atoms with E-state index in [1.807, 2.05) is 16.4 Å². The third-order valence-corrected chi connectivity index (χ3v) is 5.93. The first-order chi connectivity index (χ1) is 10.4. The summed E-state index contributed by atoms with van der Waals surface area (Å²) in [5.41, 5.74) is 1.10. The van der Waals surface area contributed by atoms with Crippen molar-refractivity contribution >= 4 is 11.8 Å². The topological polar surface area (TPSA) is 43.2 Å². The highest BCUT2D eigenvalue weighted by molar-refractivity contribution is 7.99. The molecule has 1 aliphatic carbocycles. The van der Waals surface area contributed by atoms with Gasteiger partial charge < -0.3 is 4.74 Å². The van der Waals surface area contributed by atoms with Crippen LogP contribution in [-0.2, 0) is 17.8 Å². The molecule has 3 heterocycles. The molecule has 2 saturated heterocycles. The lowest BCUT2D eigenvalue weighted by molar-refractivity contribution is 0.0300. The Morgan fingerprint density at radius 2 is 2.19 bits per heavy atom. The third kappa shape index (κ3) is 3.27. The second-order valence-corrected chi connectivity index (χ2v) is 7.77. The first-order valence-electron chi connectivity index (χ1n) is 8.21. The molecule has 4 rings (SSSR count). The van der Waals surface area contributed by atoms with Gasteiger partial charge in [-0.25, -0.2) is 4.68 Å². The number of hydrogen-bond acceptors (Lipinski definition) is 5. The van der Waals surface area contributed by atoms with Crippen molar-refractivity contribution in [1.29, 1.82) is 0 Å². The van der Waals surface area contributed by atoms with Gasteiger partial charge >= 0.3 is 0 Å². The molecule has 3 unspecified atom stereocenters. The van der Waals surface area contributed by atoms with Crippen LogP contribution in [0.1, 0.15) is 31.4 Å². The molecular weight excluding hydrogens is 284 g/mol. The molecular formula is C15H24N4OS. The Kier molecular flexibility index (Phi) is 4.18. The van der Waals surface area contributed by atoms with E-state index >= 15 is 0 Å². The highest BCUT2D eigenvalue weighted by Crippen LogP contribution is 2.39. The highest BCUT2D eigenvalue weighted by atomic mass is 32.2. The van der Waals surface area contributed by atoms with Crippen LogP contribution in [0.15, 0.2) is 6.20 Å². The molecule has 116 valence electrons. The largest absolute Gasteiger partial charge is 0.373 e. The second-order valence-electron chi connectivity index (χ2n) is 6.54. The van der Waals surface area contributed by atoms with Crippen molar-refractivity contribution in [1.82, 2.24) is 19.9 Å². The van der Waals surface area contributed by atoms with Gasteiger partial charge in [-0.2, -0.15) is 11.8 Å². The minimum Gasteiger partial charge on any atom is -0.373 e. The van der Waals surface area contributed by atoms with Crippen LogP contribution >= 0.6 is 11.8 Å². The molecule has 21 heavy (non-hydrogen) atoms. The van der Waals surface area contributed by atoms with Crippen molar-refractivity contribution in [2.45, 2.75) is 51.0 Å². The Balaban J connectivity index is 1.30. The third-order valence-electron chi connectivity index (χ3n) is 4.99. The summed E-state index contributed by atoms with van der Waals surface area (Å²) in [6.45, 7) is 4.16. The molecule has 0 spiro atoms. The predicted octanol–water partition coefficient (Wildman–Crippen LogP) is 1.78. The summed E-state index contributed by atoms with van der Waals surface area (Å²) in [6, 6.07) is 0. The van der Waals surface area contributed by atoms with E-state index < -0.39 is 0 Å². The van der Waals surface area contributed by atoms with Crippen LogP contribution in [0.4, 0.5) is 0 Å². The molecule has 3 aliphatic rings. The highest BCUT2D eigenvalue weighted by Gasteiger charge is 2.38. The number of fused-ring (bicyclic) bond motifs is 1. The number of thioether (sulfide) groups is 1. The lowest BCUT2D eigenvalue weighted by Crippen LogP contribution is -2.32. The Morgan fingerprint density at radius 1 is 1.29 bits per heavy atom. The van der Waals surface area contributed by atoms with Crippen molar-refractivity contribution < 1.29 is 4.74 Å². The summed E-state index contributed by atoms with van der Waals surface area (Å²) in [5.74, 6) is 3.29. The molecule has 0 N–H and O–H groups in total. The van der Waals surface area contributed by atoms with Crippen LogP contribution in [-0.4, -0.2) is 56.7 Å². The number of nitrogens with zero attached hydrogens (tertiary/aromatic N) is 4. The fourth-order valence-electron chi connectivity index (χ4n) is 3.91. The van der Waals surface area contributed by atoms with Crippen molar-refractivity contribution in [3.05, 3.63) is 11.9 Å². The molecule has 1 saturated carbocycles. The summed E-state index contributed by atoms with van der Waals surface area (Å²) in [7, 11) is 0. The zero-order valence-electron chi connectivity index (χ0n) is 12.5. The van der Waals surface area contributed by atoms with E-state index in [0.717, 1.165) is 24.7 Å². The summed E-state index contributed by atoms with van der Waals surface area (Å²) in [4.78, 5) is 2.47. The van der Waals surface area contributed by atoms with Crippen LogP contribution in [0, 0.1) is 5.92 Å². The van der Waals surface area contributed by atoms with Gasteiger partial charge in [-0.05, 0) is 25.2 Å². The molecule has 1 aromatic heterocycles. The van der Waals surface area contributed by atoms with Gasteiger partial charge in [0, 0.05) is 37.3 Å². The minimum atomic E-state index is 0.348. The van der Waals surface area contributed by atoms with Gasteiger partial charge in [0.05, 0.1) is 24.4 Å². The Morgan fingerprint density at radius 3 is 3.05 bits per heavy atom. The molecule has 1 aromatic rings. The van der Waals surface area contributed by atoms with Crippen LogP contribution in [0.25, 0.3) is 0 Å². The molecule has 3 fully saturated rings. The van der Waals surface area contributed by atoms with Crippen LogP contribution in [0.2, 0.25) is 0 Å². The van der Waals surface area contributed by atoms with E-state index in [9.17, 15) is 0 Å². The maximum Gasteiger partial charge on any atom is 0.0967 e. The molecule has 5 nitrogen and oxygen atoms in total. The maximum atomic E-state index is 6.15. The molecule has 3 atom stereocenters. The summed E-state index contributed by atoms with van der Waals surface area (Å²) < 4.78 is 8.13. The van der Waals surface area contributed by atoms with E-state index in [1.54, 1.807) is 0 Å². The maximum absolute atomic E-state index is 6.15. The van der Waals surface area contributed by atoms with E-state index in [4.69, 9.17) is 4.74 Å². The van der Waals surface area contributed by atoms with Gasteiger partial charge in [0.1, 0.15) is 0 Å². The van der Waals surface area contributed by atoms with Crippen molar-refractivity contribution in [2.75, 3.05) is 24.6 Å². The first kappa shape index (κ1) is 14.0. The van der Waals surface area contributed by atoms with Gasteiger partial charge in [-0.3, -0.25) is 4.90 Å².